The molecule has 0 aromatic heterocycles. The van der Waals surface area contributed by atoms with Crippen molar-refractivity contribution in [2.45, 2.75) is 58.5 Å². The number of nitrogens with two attached hydrogens (primary N) is 1. The molecule has 3 nitrogen and oxygen atoms in total. The molecule has 0 aliphatic heterocycles. The smallest absolute Gasteiger partial charge is 0.220 e. The van der Waals surface area contributed by atoms with E-state index >= 15 is 0 Å². The van der Waals surface area contributed by atoms with Crippen molar-refractivity contribution in [1.29, 1.82) is 0 Å². The molecule has 1 amide bonds. The number of carbonyl (C=O) groups is 1. The molecule has 84 valence electrons. The fourth-order valence-corrected chi connectivity index (χ4v) is 1.41. The van der Waals surface area contributed by atoms with Gasteiger partial charge in [-0.15, -0.1) is 0 Å². The Labute approximate surface area is 86.7 Å². The number of hydrogen-bond acceptors (Lipinski definition) is 2. The third-order valence-electron chi connectivity index (χ3n) is 2.62. The van der Waals surface area contributed by atoms with Crippen molar-refractivity contribution >= 4 is 5.91 Å². The predicted octanol–water partition coefficient (Wildman–Crippen LogP) is 1.83. The van der Waals surface area contributed by atoms with Gasteiger partial charge in [-0.25, -0.2) is 0 Å². The molecular formula is C11H23NO2. The van der Waals surface area contributed by atoms with Gasteiger partial charge < -0.3 is 10.8 Å². The molecule has 0 spiro atoms. The van der Waals surface area contributed by atoms with E-state index < -0.39 is 12.0 Å². The van der Waals surface area contributed by atoms with Crippen molar-refractivity contribution in [2.75, 3.05) is 0 Å². The highest BCUT2D eigenvalue weighted by molar-refractivity contribution is 5.74. The van der Waals surface area contributed by atoms with Crippen molar-refractivity contribution in [2.24, 2.45) is 11.7 Å². The Bertz CT molecular complexity index is 159. The van der Waals surface area contributed by atoms with Gasteiger partial charge in [0.05, 0.1) is 12.5 Å². The topological polar surface area (TPSA) is 63.3 Å². The first-order chi connectivity index (χ1) is 6.56. The zero-order valence-electron chi connectivity index (χ0n) is 9.33. The minimum Gasteiger partial charge on any atom is -0.393 e. The second-order valence-corrected chi connectivity index (χ2v) is 4.12. The Kier molecular flexibility index (Phi) is 7.48. The third-order valence-corrected chi connectivity index (χ3v) is 2.62. The van der Waals surface area contributed by atoms with Crippen LogP contribution in [0.25, 0.3) is 0 Å². The van der Waals surface area contributed by atoms with Gasteiger partial charge in [0.15, 0.2) is 0 Å². The SMILES string of the molecule is CCC(C)CCCCC(O)CC(N)=O. The lowest BCUT2D eigenvalue weighted by atomic mass is 9.99. The highest BCUT2D eigenvalue weighted by Crippen LogP contribution is 2.13. The van der Waals surface area contributed by atoms with Crippen LogP contribution in [0.2, 0.25) is 0 Å². The predicted molar refractivity (Wildman–Crippen MR) is 57.7 cm³/mol. The normalized spacial score (nSPS) is 15.1. The number of aliphatic hydroxyl groups excluding tert-OH is 1. The summed E-state index contributed by atoms with van der Waals surface area (Å²) in [5.74, 6) is 0.350. The monoisotopic (exact) mass is 201 g/mol. The molecule has 14 heavy (non-hydrogen) atoms. The lowest BCUT2D eigenvalue weighted by Gasteiger charge is -2.10. The van der Waals surface area contributed by atoms with E-state index in [1.807, 2.05) is 0 Å². The maximum Gasteiger partial charge on any atom is 0.220 e. The molecule has 2 atom stereocenters. The molecular weight excluding hydrogens is 178 g/mol. The first kappa shape index (κ1) is 13.4. The molecule has 0 aromatic rings. The molecule has 0 fully saturated rings. The number of amides is 1. The van der Waals surface area contributed by atoms with E-state index in [1.54, 1.807) is 0 Å². The van der Waals surface area contributed by atoms with E-state index in [9.17, 15) is 9.90 Å². The maximum absolute atomic E-state index is 10.5. The molecule has 0 aliphatic carbocycles. The van der Waals surface area contributed by atoms with Crippen LogP contribution in [0.1, 0.15) is 52.4 Å². The summed E-state index contributed by atoms with van der Waals surface area (Å²) in [6, 6.07) is 0. The van der Waals surface area contributed by atoms with Crippen LogP contribution < -0.4 is 5.73 Å². The molecule has 0 saturated carbocycles. The Hall–Kier alpha value is -0.570. The summed E-state index contributed by atoms with van der Waals surface area (Å²) >= 11 is 0. The minimum atomic E-state index is -0.538. The Morgan fingerprint density at radius 2 is 1.93 bits per heavy atom. The molecule has 3 N–H and O–H groups in total. The summed E-state index contributed by atoms with van der Waals surface area (Å²) in [5, 5.41) is 9.34. The average molecular weight is 201 g/mol. The van der Waals surface area contributed by atoms with Gasteiger partial charge in [0, 0.05) is 0 Å². The minimum absolute atomic E-state index is 0.101. The van der Waals surface area contributed by atoms with Gasteiger partial charge in [-0.05, 0) is 12.3 Å². The average Bonchev–Trinajstić information content (AvgIpc) is 2.10. The standard InChI is InChI=1S/C11H23NO2/c1-3-9(2)6-4-5-7-10(13)8-11(12)14/h9-10,13H,3-8H2,1-2H3,(H2,12,14). The molecule has 3 heteroatoms. The van der Waals surface area contributed by atoms with Gasteiger partial charge in [0.25, 0.3) is 0 Å². The number of hydrogen-bond donors (Lipinski definition) is 2. The Morgan fingerprint density at radius 3 is 2.43 bits per heavy atom. The number of primary amides is 1. The van der Waals surface area contributed by atoms with Gasteiger partial charge >= 0.3 is 0 Å². The summed E-state index contributed by atoms with van der Waals surface area (Å²) in [6.45, 7) is 4.42. The molecule has 0 heterocycles. The fraction of sp³-hybridized carbons (Fsp3) is 0.909. The molecule has 0 radical (unpaired) electrons. The van der Waals surface area contributed by atoms with E-state index in [4.69, 9.17) is 5.73 Å². The Morgan fingerprint density at radius 1 is 1.36 bits per heavy atom. The maximum atomic E-state index is 10.5. The van der Waals surface area contributed by atoms with Crippen LogP contribution in [-0.2, 0) is 4.79 Å². The Balaban J connectivity index is 3.31. The van der Waals surface area contributed by atoms with E-state index in [1.165, 1.54) is 12.8 Å². The first-order valence-corrected chi connectivity index (χ1v) is 5.52. The van der Waals surface area contributed by atoms with E-state index in [2.05, 4.69) is 13.8 Å². The van der Waals surface area contributed by atoms with Crippen molar-refractivity contribution in [3.63, 3.8) is 0 Å². The molecule has 0 aliphatic rings. The van der Waals surface area contributed by atoms with Gasteiger partial charge in [0.2, 0.25) is 5.91 Å². The van der Waals surface area contributed by atoms with E-state index in [0.29, 0.717) is 6.42 Å². The second-order valence-electron chi connectivity index (χ2n) is 4.12. The zero-order chi connectivity index (χ0) is 11.0. The summed E-state index contributed by atoms with van der Waals surface area (Å²) in [5.41, 5.74) is 4.97. The van der Waals surface area contributed by atoms with Crippen LogP contribution in [0.4, 0.5) is 0 Å². The van der Waals surface area contributed by atoms with Crippen LogP contribution in [-0.4, -0.2) is 17.1 Å². The van der Waals surface area contributed by atoms with Gasteiger partial charge in [-0.2, -0.15) is 0 Å². The first-order valence-electron chi connectivity index (χ1n) is 5.52. The molecule has 0 saturated heterocycles. The van der Waals surface area contributed by atoms with Crippen LogP contribution in [0, 0.1) is 5.92 Å². The molecule has 0 bridgehead atoms. The third kappa shape index (κ3) is 8.05. The number of aliphatic hydroxyl groups is 1. The van der Waals surface area contributed by atoms with Crippen molar-refractivity contribution in [3.05, 3.63) is 0 Å². The quantitative estimate of drug-likeness (QED) is 0.588. The number of rotatable bonds is 8. The van der Waals surface area contributed by atoms with Crippen molar-refractivity contribution < 1.29 is 9.90 Å². The largest absolute Gasteiger partial charge is 0.393 e. The van der Waals surface area contributed by atoms with Gasteiger partial charge in [-0.3, -0.25) is 4.79 Å². The van der Waals surface area contributed by atoms with Crippen molar-refractivity contribution in [1.82, 2.24) is 0 Å². The highest BCUT2D eigenvalue weighted by Gasteiger charge is 2.07. The van der Waals surface area contributed by atoms with Crippen molar-refractivity contribution in [3.8, 4) is 0 Å². The zero-order valence-corrected chi connectivity index (χ0v) is 9.33. The summed E-state index contributed by atoms with van der Waals surface area (Å²) in [4.78, 5) is 10.5. The highest BCUT2D eigenvalue weighted by atomic mass is 16.3. The summed E-state index contributed by atoms with van der Waals surface area (Å²) in [6.07, 6.45) is 4.79. The fourth-order valence-electron chi connectivity index (χ4n) is 1.41. The van der Waals surface area contributed by atoms with Crippen LogP contribution in [0.15, 0.2) is 0 Å². The second kappa shape index (κ2) is 7.80. The lowest BCUT2D eigenvalue weighted by molar-refractivity contribution is -0.119. The number of unbranched alkanes of at least 4 members (excludes halogenated alkanes) is 1. The summed E-state index contributed by atoms with van der Waals surface area (Å²) < 4.78 is 0. The van der Waals surface area contributed by atoms with Crippen LogP contribution in [0.5, 0.6) is 0 Å². The van der Waals surface area contributed by atoms with Gasteiger partial charge in [-0.1, -0.05) is 39.5 Å². The van der Waals surface area contributed by atoms with Crippen LogP contribution >= 0.6 is 0 Å². The lowest BCUT2D eigenvalue weighted by Crippen LogP contribution is -2.19. The van der Waals surface area contributed by atoms with Gasteiger partial charge in [0.1, 0.15) is 0 Å². The van der Waals surface area contributed by atoms with E-state index in [-0.39, 0.29) is 6.42 Å². The molecule has 0 aromatic carbocycles. The molecule has 0 rings (SSSR count). The summed E-state index contributed by atoms with van der Waals surface area (Å²) in [7, 11) is 0. The van der Waals surface area contributed by atoms with E-state index in [0.717, 1.165) is 18.8 Å². The molecule has 2 unspecified atom stereocenters. The van der Waals surface area contributed by atoms with Crippen LogP contribution in [0.3, 0.4) is 0 Å². The number of carbonyl (C=O) groups excluding carboxylic acids is 1.